The first-order valence-electron chi connectivity index (χ1n) is 6.08. The highest BCUT2D eigenvalue weighted by Gasteiger charge is 2.12. The Labute approximate surface area is 113 Å². The number of aryl methyl sites for hydroxylation is 2. The van der Waals surface area contributed by atoms with E-state index in [4.69, 9.17) is 4.74 Å². The topological polar surface area (TPSA) is 79.6 Å². The van der Waals surface area contributed by atoms with Crippen molar-refractivity contribution in [2.75, 3.05) is 39.2 Å². The van der Waals surface area contributed by atoms with E-state index in [1.54, 1.807) is 29.7 Å². The van der Waals surface area contributed by atoms with Gasteiger partial charge in [0.25, 0.3) is 0 Å². The number of ether oxygens (including phenoxy) is 1. The van der Waals surface area contributed by atoms with Crippen molar-refractivity contribution in [2.45, 2.75) is 13.0 Å². The highest BCUT2D eigenvalue weighted by Crippen LogP contribution is 2.07. The van der Waals surface area contributed by atoms with Crippen molar-refractivity contribution in [3.8, 4) is 0 Å². The minimum Gasteiger partial charge on any atom is -0.389 e. The fourth-order valence-electron chi connectivity index (χ4n) is 1.82. The second-order valence-corrected chi connectivity index (χ2v) is 4.65. The first kappa shape index (κ1) is 15.6. The number of carbonyl (C=O) groups is 1. The number of nitrogens with one attached hydrogen (secondary N) is 1. The molecule has 2 N–H and O–H groups in total. The molecule has 0 aliphatic heterocycles. The second kappa shape index (κ2) is 7.22. The molecule has 1 aromatic rings. The van der Waals surface area contributed by atoms with Crippen LogP contribution in [0, 0.1) is 6.92 Å². The van der Waals surface area contributed by atoms with Gasteiger partial charge in [0.05, 0.1) is 24.9 Å². The molecule has 0 bridgehead atoms. The predicted octanol–water partition coefficient (Wildman–Crippen LogP) is -0.394. The minimum atomic E-state index is -0.596. The number of likely N-dealkylation sites (N-methyl/N-ethyl adjacent to an activating group) is 1. The van der Waals surface area contributed by atoms with Crippen LogP contribution in [0.25, 0.3) is 0 Å². The molecule has 0 radical (unpaired) electrons. The summed E-state index contributed by atoms with van der Waals surface area (Å²) in [5, 5.41) is 16.5. The summed E-state index contributed by atoms with van der Waals surface area (Å²) < 4.78 is 6.45. The summed E-state index contributed by atoms with van der Waals surface area (Å²) in [6, 6.07) is 1.80. The number of hydrogen-bond donors (Lipinski definition) is 2. The Morgan fingerprint density at radius 1 is 1.68 bits per heavy atom. The van der Waals surface area contributed by atoms with Gasteiger partial charge in [-0.25, -0.2) is 0 Å². The number of aliphatic hydroxyl groups is 1. The van der Waals surface area contributed by atoms with Crippen LogP contribution in [0.1, 0.15) is 5.69 Å². The van der Waals surface area contributed by atoms with E-state index >= 15 is 0 Å². The quantitative estimate of drug-likeness (QED) is 0.705. The molecule has 1 unspecified atom stereocenters. The SMILES string of the molecule is COCC(O)CN(C)CC(=O)Nc1cc(C)nn1C. The lowest BCUT2D eigenvalue weighted by atomic mass is 10.3. The molecule has 7 nitrogen and oxygen atoms in total. The van der Waals surface area contributed by atoms with Crippen molar-refractivity contribution in [1.82, 2.24) is 14.7 Å². The van der Waals surface area contributed by atoms with Gasteiger partial charge in [-0.2, -0.15) is 5.10 Å². The van der Waals surface area contributed by atoms with Crippen LogP contribution in [0.4, 0.5) is 5.82 Å². The number of hydrogen-bond acceptors (Lipinski definition) is 5. The first-order chi connectivity index (χ1) is 8.92. The highest BCUT2D eigenvalue weighted by molar-refractivity contribution is 5.91. The predicted molar refractivity (Wildman–Crippen MR) is 72.0 cm³/mol. The van der Waals surface area contributed by atoms with Gasteiger partial charge in [0.1, 0.15) is 5.82 Å². The normalized spacial score (nSPS) is 12.7. The van der Waals surface area contributed by atoms with E-state index in [0.717, 1.165) is 5.69 Å². The van der Waals surface area contributed by atoms with E-state index in [1.165, 1.54) is 7.11 Å². The van der Waals surface area contributed by atoms with E-state index in [0.29, 0.717) is 12.4 Å². The summed E-state index contributed by atoms with van der Waals surface area (Å²) in [7, 11) is 5.07. The standard InChI is InChI=1S/C12H22N4O3/c1-9-5-11(16(3)14-9)13-12(18)7-15(2)6-10(17)8-19-4/h5,10,17H,6-8H2,1-4H3,(H,13,18). The molecule has 1 heterocycles. The number of aliphatic hydroxyl groups excluding tert-OH is 1. The van der Waals surface area contributed by atoms with Gasteiger partial charge in [0, 0.05) is 26.8 Å². The van der Waals surface area contributed by atoms with Gasteiger partial charge in [-0.05, 0) is 14.0 Å². The lowest BCUT2D eigenvalue weighted by Gasteiger charge is -2.19. The monoisotopic (exact) mass is 270 g/mol. The summed E-state index contributed by atoms with van der Waals surface area (Å²) in [6.07, 6.45) is -0.596. The van der Waals surface area contributed by atoms with Gasteiger partial charge < -0.3 is 15.2 Å². The fraction of sp³-hybridized carbons (Fsp3) is 0.667. The van der Waals surface area contributed by atoms with Crippen LogP contribution in [-0.2, 0) is 16.6 Å². The number of carbonyl (C=O) groups excluding carboxylic acids is 1. The molecule has 7 heteroatoms. The Hall–Kier alpha value is -1.44. The number of methoxy groups -OCH3 is 1. The smallest absolute Gasteiger partial charge is 0.239 e. The summed E-state index contributed by atoms with van der Waals surface area (Å²) in [6.45, 7) is 2.70. The molecule has 1 amide bonds. The number of amides is 1. The van der Waals surface area contributed by atoms with Crippen LogP contribution in [0.2, 0.25) is 0 Å². The zero-order chi connectivity index (χ0) is 14.4. The maximum absolute atomic E-state index is 11.8. The molecular formula is C12H22N4O3. The average molecular weight is 270 g/mol. The van der Waals surface area contributed by atoms with Crippen LogP contribution in [-0.4, -0.2) is 65.7 Å². The van der Waals surface area contributed by atoms with Crippen LogP contribution >= 0.6 is 0 Å². The third-order valence-corrected chi connectivity index (χ3v) is 2.56. The molecule has 0 saturated carbocycles. The molecule has 0 aliphatic rings. The van der Waals surface area contributed by atoms with Gasteiger partial charge in [-0.15, -0.1) is 0 Å². The van der Waals surface area contributed by atoms with Gasteiger partial charge in [0.15, 0.2) is 0 Å². The third-order valence-electron chi connectivity index (χ3n) is 2.56. The maximum atomic E-state index is 11.8. The molecule has 0 aromatic carbocycles. The van der Waals surface area contributed by atoms with Crippen molar-refractivity contribution in [3.05, 3.63) is 11.8 Å². The van der Waals surface area contributed by atoms with Crippen molar-refractivity contribution >= 4 is 11.7 Å². The molecular weight excluding hydrogens is 248 g/mol. The minimum absolute atomic E-state index is 0.143. The van der Waals surface area contributed by atoms with Gasteiger partial charge in [0.2, 0.25) is 5.91 Å². The molecule has 19 heavy (non-hydrogen) atoms. The van der Waals surface area contributed by atoms with E-state index in [9.17, 15) is 9.90 Å². The first-order valence-corrected chi connectivity index (χ1v) is 6.08. The number of rotatable bonds is 7. The van der Waals surface area contributed by atoms with Crippen LogP contribution in [0.15, 0.2) is 6.07 Å². The lowest BCUT2D eigenvalue weighted by Crippen LogP contribution is -2.37. The Morgan fingerprint density at radius 3 is 2.89 bits per heavy atom. The zero-order valence-corrected chi connectivity index (χ0v) is 11.9. The molecule has 108 valence electrons. The molecule has 0 spiro atoms. The van der Waals surface area contributed by atoms with Crippen LogP contribution in [0.5, 0.6) is 0 Å². The Balaban J connectivity index is 2.40. The molecule has 0 aliphatic carbocycles. The average Bonchev–Trinajstić information content (AvgIpc) is 2.56. The van der Waals surface area contributed by atoms with Crippen LogP contribution < -0.4 is 5.32 Å². The summed E-state index contributed by atoms with van der Waals surface area (Å²) in [5.41, 5.74) is 0.849. The number of nitrogens with zero attached hydrogens (tertiary/aromatic N) is 3. The fourth-order valence-corrected chi connectivity index (χ4v) is 1.82. The molecule has 0 saturated heterocycles. The lowest BCUT2D eigenvalue weighted by molar-refractivity contribution is -0.117. The third kappa shape index (κ3) is 5.37. The second-order valence-electron chi connectivity index (χ2n) is 4.65. The van der Waals surface area contributed by atoms with Gasteiger partial charge in [-0.1, -0.05) is 0 Å². The van der Waals surface area contributed by atoms with Crippen molar-refractivity contribution in [1.29, 1.82) is 0 Å². The summed E-state index contributed by atoms with van der Waals surface area (Å²) in [4.78, 5) is 13.6. The van der Waals surface area contributed by atoms with E-state index in [1.807, 2.05) is 6.92 Å². The highest BCUT2D eigenvalue weighted by atomic mass is 16.5. The largest absolute Gasteiger partial charge is 0.389 e. The Kier molecular flexibility index (Phi) is 5.94. The summed E-state index contributed by atoms with van der Waals surface area (Å²) in [5.74, 6) is 0.517. The molecule has 1 atom stereocenters. The molecule has 1 rings (SSSR count). The van der Waals surface area contributed by atoms with E-state index in [-0.39, 0.29) is 19.1 Å². The zero-order valence-electron chi connectivity index (χ0n) is 11.9. The van der Waals surface area contributed by atoms with E-state index < -0.39 is 6.10 Å². The van der Waals surface area contributed by atoms with Crippen molar-refractivity contribution < 1.29 is 14.6 Å². The number of aromatic nitrogens is 2. The van der Waals surface area contributed by atoms with Crippen molar-refractivity contribution in [2.24, 2.45) is 7.05 Å². The van der Waals surface area contributed by atoms with Gasteiger partial charge in [-0.3, -0.25) is 14.4 Å². The number of anilines is 1. The van der Waals surface area contributed by atoms with Crippen LogP contribution in [0.3, 0.4) is 0 Å². The van der Waals surface area contributed by atoms with Gasteiger partial charge >= 0.3 is 0 Å². The van der Waals surface area contributed by atoms with Crippen molar-refractivity contribution in [3.63, 3.8) is 0 Å². The molecule has 0 fully saturated rings. The maximum Gasteiger partial charge on any atom is 0.239 e. The van der Waals surface area contributed by atoms with E-state index in [2.05, 4.69) is 10.4 Å². The Morgan fingerprint density at radius 2 is 2.37 bits per heavy atom. The molecule has 1 aromatic heterocycles. The Bertz CT molecular complexity index is 419. The summed E-state index contributed by atoms with van der Waals surface area (Å²) >= 11 is 0.